The van der Waals surface area contributed by atoms with E-state index >= 15 is 0 Å². The number of benzene rings is 2. The van der Waals surface area contributed by atoms with Crippen LogP contribution in [0.1, 0.15) is 32.5 Å². The molecule has 0 unspecified atom stereocenters. The van der Waals surface area contributed by atoms with Crippen LogP contribution in [0.2, 0.25) is 0 Å². The number of ether oxygens (including phenoxy) is 2. The second-order valence-corrected chi connectivity index (χ2v) is 7.57. The van der Waals surface area contributed by atoms with E-state index in [4.69, 9.17) is 14.5 Å². The molecule has 0 aliphatic rings. The second-order valence-electron chi connectivity index (χ2n) is 7.57. The van der Waals surface area contributed by atoms with Gasteiger partial charge in [0.05, 0.1) is 24.8 Å². The number of nitrogens with one attached hydrogen (secondary N) is 1. The summed E-state index contributed by atoms with van der Waals surface area (Å²) >= 11 is 0. The van der Waals surface area contributed by atoms with E-state index in [1.807, 2.05) is 56.3 Å². The summed E-state index contributed by atoms with van der Waals surface area (Å²) in [5.41, 5.74) is 2.14. The molecule has 0 radical (unpaired) electrons. The summed E-state index contributed by atoms with van der Waals surface area (Å²) < 4.78 is 13.5. The van der Waals surface area contributed by atoms with E-state index in [-0.39, 0.29) is 11.8 Å². The van der Waals surface area contributed by atoms with E-state index < -0.39 is 0 Å². The lowest BCUT2D eigenvalue weighted by atomic mass is 10.2. The number of aryl methyl sites for hydroxylation is 2. The summed E-state index contributed by atoms with van der Waals surface area (Å²) in [7, 11) is 1.65. The molecule has 0 aliphatic carbocycles. The van der Waals surface area contributed by atoms with E-state index in [2.05, 4.69) is 16.0 Å². The van der Waals surface area contributed by atoms with Gasteiger partial charge in [0.15, 0.2) is 11.5 Å². The lowest BCUT2D eigenvalue weighted by Crippen LogP contribution is -2.28. The number of amides is 1. The van der Waals surface area contributed by atoms with Crippen molar-refractivity contribution in [1.29, 1.82) is 0 Å². The highest BCUT2D eigenvalue weighted by atomic mass is 16.5. The molecule has 1 amide bonds. The zero-order valence-corrected chi connectivity index (χ0v) is 18.1. The summed E-state index contributed by atoms with van der Waals surface area (Å²) in [6.45, 7) is 5.89. The van der Waals surface area contributed by atoms with Crippen molar-refractivity contribution in [1.82, 2.24) is 14.9 Å². The van der Waals surface area contributed by atoms with Crippen molar-refractivity contribution in [2.45, 2.75) is 39.7 Å². The molecule has 6 heteroatoms. The third-order valence-corrected chi connectivity index (χ3v) is 4.99. The number of imidazole rings is 1. The van der Waals surface area contributed by atoms with E-state index in [1.165, 1.54) is 0 Å². The van der Waals surface area contributed by atoms with Crippen molar-refractivity contribution in [3.05, 3.63) is 54.4 Å². The van der Waals surface area contributed by atoms with Crippen molar-refractivity contribution in [2.24, 2.45) is 5.92 Å². The van der Waals surface area contributed by atoms with E-state index in [1.54, 1.807) is 7.11 Å². The minimum Gasteiger partial charge on any atom is -0.493 e. The number of rotatable bonds is 11. The summed E-state index contributed by atoms with van der Waals surface area (Å²) in [6, 6.07) is 15.9. The van der Waals surface area contributed by atoms with Crippen molar-refractivity contribution in [2.75, 3.05) is 20.3 Å². The van der Waals surface area contributed by atoms with Crippen LogP contribution in [0.15, 0.2) is 48.5 Å². The van der Waals surface area contributed by atoms with Gasteiger partial charge in [0, 0.05) is 25.4 Å². The Morgan fingerprint density at radius 3 is 2.57 bits per heavy atom. The SMILES string of the molecule is COc1ccccc1OCCCn1c(CCCNC(=O)C(C)C)nc2ccccc21. The average molecular weight is 410 g/mol. The topological polar surface area (TPSA) is 65.4 Å². The molecule has 0 fully saturated rings. The Kier molecular flexibility index (Phi) is 7.71. The van der Waals surface area contributed by atoms with Gasteiger partial charge in [0.2, 0.25) is 5.91 Å². The van der Waals surface area contributed by atoms with Crippen LogP contribution >= 0.6 is 0 Å². The highest BCUT2D eigenvalue weighted by molar-refractivity contribution is 5.77. The van der Waals surface area contributed by atoms with Gasteiger partial charge in [-0.3, -0.25) is 4.79 Å². The zero-order chi connectivity index (χ0) is 21.3. The molecule has 6 nitrogen and oxygen atoms in total. The van der Waals surface area contributed by atoms with E-state index in [9.17, 15) is 4.79 Å². The monoisotopic (exact) mass is 409 g/mol. The standard InChI is InChI=1S/C24H31N3O3/c1-18(2)24(28)25-15-8-14-23-26-19-10-4-5-11-20(19)27(23)16-9-17-30-22-13-7-6-12-21(22)29-3/h4-7,10-13,18H,8-9,14-17H2,1-3H3,(H,25,28). The van der Waals surface area contributed by atoms with Crippen molar-refractivity contribution < 1.29 is 14.3 Å². The predicted octanol–water partition coefficient (Wildman–Crippen LogP) is 4.22. The summed E-state index contributed by atoms with van der Waals surface area (Å²) in [5, 5.41) is 2.98. The van der Waals surface area contributed by atoms with Gasteiger partial charge in [-0.1, -0.05) is 38.1 Å². The average Bonchev–Trinajstić information content (AvgIpc) is 3.11. The number of fused-ring (bicyclic) bond motifs is 1. The molecule has 0 saturated carbocycles. The molecule has 0 atom stereocenters. The maximum Gasteiger partial charge on any atom is 0.222 e. The fraction of sp³-hybridized carbons (Fsp3) is 0.417. The first-order valence-corrected chi connectivity index (χ1v) is 10.6. The molecule has 2 aromatic carbocycles. The second kappa shape index (κ2) is 10.7. The van der Waals surface area contributed by atoms with E-state index in [0.29, 0.717) is 13.2 Å². The van der Waals surface area contributed by atoms with Crippen LogP contribution < -0.4 is 14.8 Å². The number of carbonyl (C=O) groups excluding carboxylic acids is 1. The maximum absolute atomic E-state index is 11.7. The summed E-state index contributed by atoms with van der Waals surface area (Å²) in [4.78, 5) is 16.6. The van der Waals surface area contributed by atoms with Crippen molar-refractivity contribution >= 4 is 16.9 Å². The summed E-state index contributed by atoms with van der Waals surface area (Å²) in [6.07, 6.45) is 2.54. The van der Waals surface area contributed by atoms with Crippen LogP contribution in [0.3, 0.4) is 0 Å². The van der Waals surface area contributed by atoms with Crippen LogP contribution in [-0.4, -0.2) is 35.7 Å². The lowest BCUT2D eigenvalue weighted by Gasteiger charge is -2.12. The van der Waals surface area contributed by atoms with Crippen LogP contribution in [0.5, 0.6) is 11.5 Å². The Bertz CT molecular complexity index is 965. The first-order valence-electron chi connectivity index (χ1n) is 10.6. The molecular formula is C24H31N3O3. The quantitative estimate of drug-likeness (QED) is 0.482. The Balaban J connectivity index is 1.59. The Morgan fingerprint density at radius 1 is 1.07 bits per heavy atom. The molecular weight excluding hydrogens is 378 g/mol. The minimum absolute atomic E-state index is 0.0119. The minimum atomic E-state index is 0.0119. The molecule has 1 aromatic heterocycles. The van der Waals surface area contributed by atoms with Gasteiger partial charge in [-0.2, -0.15) is 0 Å². The Labute approximate surface area is 178 Å². The maximum atomic E-state index is 11.7. The Morgan fingerprint density at radius 2 is 1.80 bits per heavy atom. The van der Waals surface area contributed by atoms with Gasteiger partial charge in [-0.05, 0) is 37.1 Å². The van der Waals surface area contributed by atoms with Gasteiger partial charge < -0.3 is 19.4 Å². The fourth-order valence-corrected chi connectivity index (χ4v) is 3.37. The molecule has 1 heterocycles. The molecule has 0 bridgehead atoms. The third-order valence-electron chi connectivity index (χ3n) is 4.99. The van der Waals surface area contributed by atoms with Gasteiger partial charge in [0.25, 0.3) is 0 Å². The van der Waals surface area contributed by atoms with Gasteiger partial charge in [-0.15, -0.1) is 0 Å². The zero-order valence-electron chi connectivity index (χ0n) is 18.1. The van der Waals surface area contributed by atoms with Gasteiger partial charge in [-0.25, -0.2) is 4.98 Å². The summed E-state index contributed by atoms with van der Waals surface area (Å²) in [5.74, 6) is 2.66. The highest BCUT2D eigenvalue weighted by Crippen LogP contribution is 2.26. The number of hydrogen-bond acceptors (Lipinski definition) is 4. The first-order chi connectivity index (χ1) is 14.6. The molecule has 0 aliphatic heterocycles. The van der Waals surface area contributed by atoms with Gasteiger partial charge in [0.1, 0.15) is 5.82 Å². The number of para-hydroxylation sites is 4. The number of aromatic nitrogens is 2. The van der Waals surface area contributed by atoms with Crippen molar-refractivity contribution in [3.63, 3.8) is 0 Å². The van der Waals surface area contributed by atoms with Crippen LogP contribution in [0.25, 0.3) is 11.0 Å². The Hall–Kier alpha value is -3.02. The van der Waals surface area contributed by atoms with Crippen LogP contribution in [0, 0.1) is 5.92 Å². The lowest BCUT2D eigenvalue weighted by molar-refractivity contribution is -0.123. The number of carbonyl (C=O) groups is 1. The first kappa shape index (κ1) is 21.7. The molecule has 3 rings (SSSR count). The molecule has 0 saturated heterocycles. The number of methoxy groups -OCH3 is 1. The largest absolute Gasteiger partial charge is 0.493 e. The highest BCUT2D eigenvalue weighted by Gasteiger charge is 2.11. The molecule has 30 heavy (non-hydrogen) atoms. The third kappa shape index (κ3) is 5.53. The van der Waals surface area contributed by atoms with Gasteiger partial charge >= 0.3 is 0 Å². The predicted molar refractivity (Wildman–Crippen MR) is 119 cm³/mol. The molecule has 160 valence electrons. The van der Waals surface area contributed by atoms with Crippen LogP contribution in [0.4, 0.5) is 0 Å². The number of nitrogens with zero attached hydrogens (tertiary/aromatic N) is 2. The fourth-order valence-electron chi connectivity index (χ4n) is 3.37. The van der Waals surface area contributed by atoms with E-state index in [0.717, 1.165) is 54.2 Å². The van der Waals surface area contributed by atoms with Crippen LogP contribution in [-0.2, 0) is 17.8 Å². The van der Waals surface area contributed by atoms with Crippen molar-refractivity contribution in [3.8, 4) is 11.5 Å². The molecule has 0 spiro atoms. The molecule has 3 aromatic rings. The molecule has 1 N–H and O–H groups in total. The number of hydrogen-bond donors (Lipinski definition) is 1. The normalized spacial score (nSPS) is 11.1. The smallest absolute Gasteiger partial charge is 0.222 e.